The predicted octanol–water partition coefficient (Wildman–Crippen LogP) is 2.04. The zero-order chi connectivity index (χ0) is 15.9. The van der Waals surface area contributed by atoms with Gasteiger partial charge in [-0.1, -0.05) is 0 Å². The van der Waals surface area contributed by atoms with Crippen LogP contribution in [0.4, 0.5) is 17.6 Å². The van der Waals surface area contributed by atoms with Crippen LogP contribution < -0.4 is 4.72 Å². The van der Waals surface area contributed by atoms with Crippen molar-refractivity contribution < 1.29 is 31.1 Å². The van der Waals surface area contributed by atoms with Crippen molar-refractivity contribution in [2.45, 2.75) is 35.9 Å². The first-order chi connectivity index (χ1) is 9.54. The van der Waals surface area contributed by atoms with Gasteiger partial charge in [0.05, 0.1) is 11.2 Å². The first kappa shape index (κ1) is 16.2. The van der Waals surface area contributed by atoms with Crippen molar-refractivity contribution >= 4 is 10.0 Å². The molecule has 0 spiro atoms. The molecule has 2 rings (SSSR count). The van der Waals surface area contributed by atoms with E-state index in [2.05, 4.69) is 0 Å². The normalized spacial score (nSPS) is 18.3. The van der Waals surface area contributed by atoms with Crippen LogP contribution in [0, 0.1) is 5.82 Å². The van der Waals surface area contributed by atoms with Crippen molar-refractivity contribution in [1.82, 2.24) is 4.72 Å². The van der Waals surface area contributed by atoms with Crippen LogP contribution in [0.1, 0.15) is 24.8 Å². The molecular formula is C12H13F4NO3S. The maximum absolute atomic E-state index is 13.5. The minimum Gasteiger partial charge on any atom is -0.389 e. The number of halogens is 4. The van der Waals surface area contributed by atoms with E-state index in [-0.39, 0.29) is 12.6 Å². The van der Waals surface area contributed by atoms with Crippen molar-refractivity contribution in [3.8, 4) is 0 Å². The molecule has 1 aliphatic carbocycles. The third kappa shape index (κ3) is 3.53. The lowest BCUT2D eigenvalue weighted by molar-refractivity contribution is -0.137. The maximum Gasteiger partial charge on any atom is 0.416 e. The van der Waals surface area contributed by atoms with Crippen molar-refractivity contribution in [3.63, 3.8) is 0 Å². The van der Waals surface area contributed by atoms with Gasteiger partial charge in [-0.25, -0.2) is 17.5 Å². The topological polar surface area (TPSA) is 66.4 Å². The molecule has 0 heterocycles. The molecule has 1 aromatic carbocycles. The lowest BCUT2D eigenvalue weighted by atomic mass is 9.81. The highest BCUT2D eigenvalue weighted by molar-refractivity contribution is 7.89. The SMILES string of the molecule is O=S(=O)(NCC1(O)CCC1)c1cc(C(F)(F)F)ccc1F. The molecular weight excluding hydrogens is 314 g/mol. The summed E-state index contributed by atoms with van der Waals surface area (Å²) < 4.78 is 76.9. The number of rotatable bonds is 4. The van der Waals surface area contributed by atoms with E-state index in [0.717, 1.165) is 6.42 Å². The first-order valence-corrected chi connectivity index (χ1v) is 7.61. The number of hydrogen-bond donors (Lipinski definition) is 2. The zero-order valence-corrected chi connectivity index (χ0v) is 11.6. The maximum atomic E-state index is 13.5. The van der Waals surface area contributed by atoms with Gasteiger partial charge in [-0.3, -0.25) is 0 Å². The molecule has 0 unspecified atom stereocenters. The Bertz CT molecular complexity index is 638. The van der Waals surface area contributed by atoms with E-state index in [4.69, 9.17) is 0 Å². The number of hydrogen-bond acceptors (Lipinski definition) is 3. The van der Waals surface area contributed by atoms with E-state index < -0.39 is 38.1 Å². The van der Waals surface area contributed by atoms with Crippen LogP contribution in [-0.2, 0) is 16.2 Å². The van der Waals surface area contributed by atoms with Crippen LogP contribution in [-0.4, -0.2) is 25.7 Å². The van der Waals surface area contributed by atoms with Gasteiger partial charge in [0.1, 0.15) is 10.7 Å². The summed E-state index contributed by atoms with van der Waals surface area (Å²) in [6.45, 7) is -0.356. The highest BCUT2D eigenvalue weighted by Gasteiger charge is 2.37. The van der Waals surface area contributed by atoms with Crippen molar-refractivity contribution in [1.29, 1.82) is 0 Å². The quantitative estimate of drug-likeness (QED) is 0.832. The summed E-state index contributed by atoms with van der Waals surface area (Å²) in [7, 11) is -4.47. The minimum atomic E-state index is -4.77. The fraction of sp³-hybridized carbons (Fsp3) is 0.500. The minimum absolute atomic E-state index is 0.239. The summed E-state index contributed by atoms with van der Waals surface area (Å²) >= 11 is 0. The summed E-state index contributed by atoms with van der Waals surface area (Å²) in [5, 5.41) is 9.77. The summed E-state index contributed by atoms with van der Waals surface area (Å²) in [6.07, 6.45) is -3.26. The molecule has 21 heavy (non-hydrogen) atoms. The van der Waals surface area contributed by atoms with Crippen molar-refractivity contribution in [2.75, 3.05) is 6.54 Å². The second-order valence-corrected chi connectivity index (χ2v) is 6.78. The fourth-order valence-electron chi connectivity index (χ4n) is 1.95. The van der Waals surface area contributed by atoms with Gasteiger partial charge in [-0.15, -0.1) is 0 Å². The Balaban J connectivity index is 2.26. The molecule has 0 atom stereocenters. The van der Waals surface area contributed by atoms with Crippen molar-refractivity contribution in [3.05, 3.63) is 29.6 Å². The standard InChI is InChI=1S/C12H13F4NO3S/c13-9-3-2-8(12(14,15)16)6-10(9)21(19,20)17-7-11(18)4-1-5-11/h2-3,6,17-18H,1,4-5,7H2. The van der Waals surface area contributed by atoms with Crippen LogP contribution >= 0.6 is 0 Å². The molecule has 118 valence electrons. The van der Waals surface area contributed by atoms with Crippen molar-refractivity contribution in [2.24, 2.45) is 0 Å². The number of alkyl halides is 3. The van der Waals surface area contributed by atoms with Gasteiger partial charge in [0.15, 0.2) is 0 Å². The second-order valence-electron chi connectivity index (χ2n) is 5.05. The van der Waals surface area contributed by atoms with E-state index in [9.17, 15) is 31.1 Å². The van der Waals surface area contributed by atoms with E-state index in [0.29, 0.717) is 25.0 Å². The van der Waals surface area contributed by atoms with Gasteiger partial charge in [0.25, 0.3) is 0 Å². The van der Waals surface area contributed by atoms with Gasteiger partial charge < -0.3 is 5.11 Å². The van der Waals surface area contributed by atoms with E-state index in [1.807, 2.05) is 4.72 Å². The third-order valence-corrected chi connectivity index (χ3v) is 4.84. The highest BCUT2D eigenvalue weighted by atomic mass is 32.2. The van der Waals surface area contributed by atoms with Crippen LogP contribution in [0.3, 0.4) is 0 Å². The molecule has 0 saturated heterocycles. The summed E-state index contributed by atoms with van der Waals surface area (Å²) in [6, 6.07) is 1.16. The Morgan fingerprint density at radius 3 is 2.38 bits per heavy atom. The van der Waals surface area contributed by atoms with Crippen LogP contribution in [0.15, 0.2) is 23.1 Å². The molecule has 0 radical (unpaired) electrons. The third-order valence-electron chi connectivity index (χ3n) is 3.42. The molecule has 4 nitrogen and oxygen atoms in total. The molecule has 1 aromatic rings. The molecule has 0 aliphatic heterocycles. The lowest BCUT2D eigenvalue weighted by Crippen LogP contribution is -2.47. The average Bonchev–Trinajstić information content (AvgIpc) is 2.33. The van der Waals surface area contributed by atoms with Gasteiger partial charge in [0.2, 0.25) is 10.0 Å². The van der Waals surface area contributed by atoms with Gasteiger partial charge in [-0.2, -0.15) is 13.2 Å². The summed E-state index contributed by atoms with van der Waals surface area (Å²) in [4.78, 5) is -1.08. The Labute approximate surface area is 118 Å². The number of benzene rings is 1. The summed E-state index contributed by atoms with van der Waals surface area (Å²) in [5.74, 6) is -1.28. The molecule has 1 fully saturated rings. The second kappa shape index (κ2) is 5.22. The molecule has 2 N–H and O–H groups in total. The van der Waals surface area contributed by atoms with E-state index >= 15 is 0 Å². The lowest BCUT2D eigenvalue weighted by Gasteiger charge is -2.36. The molecule has 1 saturated carbocycles. The molecule has 0 amide bonds. The van der Waals surface area contributed by atoms with Gasteiger partial charge in [0, 0.05) is 6.54 Å². The molecule has 9 heteroatoms. The van der Waals surface area contributed by atoms with E-state index in [1.54, 1.807) is 0 Å². The van der Waals surface area contributed by atoms with Crippen LogP contribution in [0.25, 0.3) is 0 Å². The Hall–Kier alpha value is -1.19. The van der Waals surface area contributed by atoms with Crippen LogP contribution in [0.5, 0.6) is 0 Å². The Morgan fingerprint density at radius 2 is 1.90 bits per heavy atom. The van der Waals surface area contributed by atoms with Gasteiger partial charge >= 0.3 is 6.18 Å². The van der Waals surface area contributed by atoms with Gasteiger partial charge in [-0.05, 0) is 37.5 Å². The molecule has 1 aliphatic rings. The number of nitrogens with one attached hydrogen (secondary N) is 1. The van der Waals surface area contributed by atoms with E-state index in [1.165, 1.54) is 0 Å². The first-order valence-electron chi connectivity index (χ1n) is 6.12. The zero-order valence-electron chi connectivity index (χ0n) is 10.7. The summed E-state index contributed by atoms with van der Waals surface area (Å²) in [5.41, 5.74) is -2.46. The largest absolute Gasteiger partial charge is 0.416 e. The Kier molecular flexibility index (Phi) is 4.02. The monoisotopic (exact) mass is 327 g/mol. The average molecular weight is 327 g/mol. The fourth-order valence-corrected chi connectivity index (χ4v) is 3.18. The predicted molar refractivity (Wildman–Crippen MR) is 65.4 cm³/mol. The smallest absolute Gasteiger partial charge is 0.389 e. The number of aliphatic hydroxyl groups is 1. The number of sulfonamides is 1. The molecule has 0 bridgehead atoms. The highest BCUT2D eigenvalue weighted by Crippen LogP contribution is 2.33. The van der Waals surface area contributed by atoms with Crippen LogP contribution in [0.2, 0.25) is 0 Å². The molecule has 0 aromatic heterocycles. The Morgan fingerprint density at radius 1 is 1.29 bits per heavy atom.